The Morgan fingerprint density at radius 3 is 2.35 bits per heavy atom. The summed E-state index contributed by atoms with van der Waals surface area (Å²) in [7, 11) is 0. The number of nitrogens with zero attached hydrogens (tertiary/aromatic N) is 2. The lowest BCUT2D eigenvalue weighted by atomic mass is 10.1. The number of benzene rings is 3. The molecule has 0 aliphatic rings. The lowest BCUT2D eigenvalue weighted by molar-refractivity contribution is -0.135. The molecule has 4 rings (SSSR count). The summed E-state index contributed by atoms with van der Waals surface area (Å²) in [6, 6.07) is 21.2. The van der Waals surface area contributed by atoms with Gasteiger partial charge in [0.2, 0.25) is 0 Å². The molecule has 34 heavy (non-hydrogen) atoms. The highest BCUT2D eigenvalue weighted by atomic mass is 35.5. The van der Waals surface area contributed by atoms with Crippen LogP contribution in [0.4, 0.5) is 11.4 Å². The van der Waals surface area contributed by atoms with Crippen LogP contribution in [0.5, 0.6) is 0 Å². The van der Waals surface area contributed by atoms with Gasteiger partial charge in [0.05, 0.1) is 16.8 Å². The summed E-state index contributed by atoms with van der Waals surface area (Å²) in [5.41, 5.74) is 8.58. The standard InChI is InChI=1S/C24H21N5O3S.ClH/c25-23(26)15-6-9-17(10-7-15)27-13-21-28-19-12-16(8-11-20(19)33-21)24(32)29(14-22(30)31)18-4-2-1-3-5-18;/h1-12,27H,13-14H2,(H3,25,26)(H,30,31);1H. The number of aliphatic carboxylic acids is 1. The first-order valence-corrected chi connectivity index (χ1v) is 10.9. The van der Waals surface area contributed by atoms with Crippen molar-refractivity contribution in [1.82, 2.24) is 4.98 Å². The van der Waals surface area contributed by atoms with Gasteiger partial charge in [0.15, 0.2) is 0 Å². The number of thiazole rings is 1. The SMILES string of the molecule is Cl.N=C(N)c1ccc(NCc2nc3cc(C(=O)N(CC(=O)O)c4ccccc4)ccc3s2)cc1. The zero-order valence-corrected chi connectivity index (χ0v) is 19.5. The molecule has 3 aromatic carbocycles. The van der Waals surface area contributed by atoms with Crippen LogP contribution in [-0.4, -0.2) is 34.3 Å². The van der Waals surface area contributed by atoms with Gasteiger partial charge in [-0.05, 0) is 54.6 Å². The van der Waals surface area contributed by atoms with E-state index >= 15 is 0 Å². The molecule has 174 valence electrons. The molecule has 10 heteroatoms. The molecule has 0 aliphatic carbocycles. The van der Waals surface area contributed by atoms with E-state index in [2.05, 4.69) is 10.3 Å². The summed E-state index contributed by atoms with van der Waals surface area (Å²) >= 11 is 1.51. The van der Waals surface area contributed by atoms with Crippen molar-refractivity contribution in [3.05, 3.63) is 88.9 Å². The highest BCUT2D eigenvalue weighted by Gasteiger charge is 2.21. The molecule has 1 amide bonds. The normalized spacial score (nSPS) is 10.4. The third-order valence-corrected chi connectivity index (χ3v) is 5.96. The third kappa shape index (κ3) is 5.69. The van der Waals surface area contributed by atoms with Crippen LogP contribution in [0, 0.1) is 5.41 Å². The average Bonchev–Trinajstić information content (AvgIpc) is 3.23. The molecule has 0 bridgehead atoms. The monoisotopic (exact) mass is 495 g/mol. The molecule has 0 unspecified atom stereocenters. The van der Waals surface area contributed by atoms with E-state index in [9.17, 15) is 14.7 Å². The summed E-state index contributed by atoms with van der Waals surface area (Å²) in [4.78, 5) is 30.3. The molecule has 0 spiro atoms. The number of nitrogens with two attached hydrogens (primary N) is 1. The van der Waals surface area contributed by atoms with Crippen LogP contribution >= 0.6 is 23.7 Å². The van der Waals surface area contributed by atoms with E-state index in [1.54, 1.807) is 48.5 Å². The molecular weight excluding hydrogens is 474 g/mol. The van der Waals surface area contributed by atoms with Crippen LogP contribution in [-0.2, 0) is 11.3 Å². The maximum atomic E-state index is 13.1. The minimum absolute atomic E-state index is 0. The summed E-state index contributed by atoms with van der Waals surface area (Å²) in [5, 5.41) is 20.9. The van der Waals surface area contributed by atoms with Crippen LogP contribution in [0.3, 0.4) is 0 Å². The van der Waals surface area contributed by atoms with Crippen molar-refractivity contribution in [3.63, 3.8) is 0 Å². The van der Waals surface area contributed by atoms with Gasteiger partial charge in [-0.15, -0.1) is 23.7 Å². The zero-order valence-electron chi connectivity index (χ0n) is 17.9. The molecule has 0 atom stereocenters. The molecule has 1 heterocycles. The number of aromatic nitrogens is 1. The Morgan fingerprint density at radius 2 is 1.71 bits per heavy atom. The number of carboxylic acids is 1. The quantitative estimate of drug-likeness (QED) is 0.212. The number of rotatable bonds is 8. The third-order valence-electron chi connectivity index (χ3n) is 4.92. The second kappa shape index (κ2) is 10.8. The Hall–Kier alpha value is -3.95. The second-order valence-corrected chi connectivity index (χ2v) is 8.37. The smallest absolute Gasteiger partial charge is 0.323 e. The molecule has 8 nitrogen and oxygen atoms in total. The molecule has 0 saturated heterocycles. The van der Waals surface area contributed by atoms with Crippen LogP contribution < -0.4 is 16.0 Å². The average molecular weight is 496 g/mol. The van der Waals surface area contributed by atoms with Crippen LogP contribution in [0.1, 0.15) is 20.9 Å². The van der Waals surface area contributed by atoms with E-state index < -0.39 is 18.4 Å². The molecular formula is C24H22ClN5O3S. The van der Waals surface area contributed by atoms with Crippen molar-refractivity contribution < 1.29 is 14.7 Å². The minimum atomic E-state index is -1.09. The summed E-state index contributed by atoms with van der Waals surface area (Å²) in [6.07, 6.45) is 0. The van der Waals surface area contributed by atoms with Gasteiger partial charge in [0.1, 0.15) is 17.4 Å². The molecule has 0 fully saturated rings. The maximum absolute atomic E-state index is 13.1. The lowest BCUT2D eigenvalue weighted by Crippen LogP contribution is -2.35. The number of amidine groups is 1. The summed E-state index contributed by atoms with van der Waals surface area (Å²) < 4.78 is 0.930. The predicted molar refractivity (Wildman–Crippen MR) is 137 cm³/mol. The number of carbonyl (C=O) groups is 2. The van der Waals surface area contributed by atoms with Crippen LogP contribution in [0.25, 0.3) is 10.2 Å². The zero-order chi connectivity index (χ0) is 23.4. The van der Waals surface area contributed by atoms with Crippen molar-refractivity contribution in [2.24, 2.45) is 5.73 Å². The summed E-state index contributed by atoms with van der Waals surface area (Å²) in [6.45, 7) is 0.0622. The molecule has 0 saturated carbocycles. The number of hydrogen-bond acceptors (Lipinski definition) is 6. The number of anilines is 2. The number of nitrogen functional groups attached to an aromatic ring is 1. The fourth-order valence-electron chi connectivity index (χ4n) is 3.31. The van der Waals surface area contributed by atoms with Crippen molar-refractivity contribution in [3.8, 4) is 0 Å². The van der Waals surface area contributed by atoms with Gasteiger partial charge in [0.25, 0.3) is 5.91 Å². The predicted octanol–water partition coefficient (Wildman–Crippen LogP) is 4.35. The van der Waals surface area contributed by atoms with Gasteiger partial charge in [0, 0.05) is 22.5 Å². The first-order valence-electron chi connectivity index (χ1n) is 10.1. The van der Waals surface area contributed by atoms with Gasteiger partial charge in [-0.2, -0.15) is 0 Å². The van der Waals surface area contributed by atoms with E-state index in [4.69, 9.17) is 11.1 Å². The number of hydrogen-bond donors (Lipinski definition) is 4. The number of para-hydroxylation sites is 1. The van der Waals surface area contributed by atoms with Gasteiger partial charge < -0.3 is 16.2 Å². The fraction of sp³-hybridized carbons (Fsp3) is 0.0833. The highest BCUT2D eigenvalue weighted by molar-refractivity contribution is 7.18. The molecule has 5 N–H and O–H groups in total. The number of carboxylic acid groups (broad SMARTS) is 1. The number of amides is 1. The Bertz CT molecular complexity index is 1330. The number of nitrogens with one attached hydrogen (secondary N) is 2. The molecule has 0 radical (unpaired) electrons. The Labute approximate surface area is 206 Å². The van der Waals surface area contributed by atoms with Gasteiger partial charge in [-0.3, -0.25) is 19.9 Å². The fourth-order valence-corrected chi connectivity index (χ4v) is 4.20. The second-order valence-electron chi connectivity index (χ2n) is 7.26. The van der Waals surface area contributed by atoms with Gasteiger partial charge in [-0.1, -0.05) is 18.2 Å². The Kier molecular flexibility index (Phi) is 7.83. The van der Waals surface area contributed by atoms with Crippen LogP contribution in [0.15, 0.2) is 72.8 Å². The van der Waals surface area contributed by atoms with E-state index in [0.29, 0.717) is 28.9 Å². The number of carbonyl (C=O) groups excluding carboxylic acids is 1. The van der Waals surface area contributed by atoms with E-state index in [-0.39, 0.29) is 18.2 Å². The van der Waals surface area contributed by atoms with Crippen molar-refractivity contribution >= 4 is 63.0 Å². The van der Waals surface area contributed by atoms with Gasteiger partial charge in [-0.25, -0.2) is 4.98 Å². The topological polar surface area (TPSA) is 132 Å². The van der Waals surface area contributed by atoms with Crippen molar-refractivity contribution in [2.45, 2.75) is 6.54 Å². The Morgan fingerprint density at radius 1 is 1.03 bits per heavy atom. The van der Waals surface area contributed by atoms with Crippen LogP contribution in [0.2, 0.25) is 0 Å². The Balaban J connectivity index is 0.00000324. The highest BCUT2D eigenvalue weighted by Crippen LogP contribution is 2.25. The summed E-state index contributed by atoms with van der Waals surface area (Å²) in [5.74, 6) is -1.47. The van der Waals surface area contributed by atoms with E-state index in [0.717, 1.165) is 15.4 Å². The first kappa shape index (κ1) is 24.7. The number of fused-ring (bicyclic) bond motifs is 1. The number of halogens is 1. The minimum Gasteiger partial charge on any atom is -0.480 e. The first-order chi connectivity index (χ1) is 15.9. The molecule has 4 aromatic rings. The molecule has 0 aliphatic heterocycles. The largest absolute Gasteiger partial charge is 0.480 e. The van der Waals surface area contributed by atoms with Crippen molar-refractivity contribution in [1.29, 1.82) is 5.41 Å². The van der Waals surface area contributed by atoms with Gasteiger partial charge >= 0.3 is 5.97 Å². The van der Waals surface area contributed by atoms with Crippen molar-refractivity contribution in [2.75, 3.05) is 16.8 Å². The lowest BCUT2D eigenvalue weighted by Gasteiger charge is -2.20. The maximum Gasteiger partial charge on any atom is 0.323 e. The molecule has 1 aromatic heterocycles. The van der Waals surface area contributed by atoms with E-state index in [1.165, 1.54) is 16.2 Å². The van der Waals surface area contributed by atoms with E-state index in [1.807, 2.05) is 24.3 Å².